The average Bonchev–Trinajstić information content (AvgIpc) is 2.87. The van der Waals surface area contributed by atoms with E-state index in [1.165, 1.54) is 0 Å². The Morgan fingerprint density at radius 1 is 1.35 bits per heavy atom. The lowest BCUT2D eigenvalue weighted by Gasteiger charge is -2.12. The van der Waals surface area contributed by atoms with E-state index in [9.17, 15) is 18.3 Å². The lowest BCUT2D eigenvalue weighted by molar-refractivity contribution is -0.137. The summed E-state index contributed by atoms with van der Waals surface area (Å²) in [6.07, 6.45) is -4.09. The van der Waals surface area contributed by atoms with Gasteiger partial charge in [0.25, 0.3) is 0 Å². The summed E-state index contributed by atoms with van der Waals surface area (Å²) in [5.41, 5.74) is 1.62. The van der Waals surface area contributed by atoms with Gasteiger partial charge in [0.2, 0.25) is 0 Å². The predicted octanol–water partition coefficient (Wildman–Crippen LogP) is 2.90. The molecule has 0 bridgehead atoms. The molecular formula is C12H12F3N3OS. The Morgan fingerprint density at radius 2 is 2.05 bits per heavy atom. The Balaban J connectivity index is 2.38. The summed E-state index contributed by atoms with van der Waals surface area (Å²) >= 11 is 0.434. The van der Waals surface area contributed by atoms with Crippen molar-refractivity contribution >= 4 is 11.3 Å². The number of hydrogen-bond acceptors (Lipinski definition) is 5. The van der Waals surface area contributed by atoms with Crippen LogP contribution in [0, 0.1) is 6.92 Å². The normalized spacial score (nSPS) is 13.5. The Morgan fingerprint density at radius 3 is 2.60 bits per heavy atom. The number of nitrogens with zero attached hydrogens (tertiary/aromatic N) is 3. The molecule has 0 saturated carbocycles. The molecule has 0 radical (unpaired) electrons. The minimum Gasteiger partial charge on any atom is -0.383 e. The predicted molar refractivity (Wildman–Crippen MR) is 67.3 cm³/mol. The zero-order valence-corrected chi connectivity index (χ0v) is 11.6. The van der Waals surface area contributed by atoms with Crippen molar-refractivity contribution in [3.8, 4) is 0 Å². The van der Waals surface area contributed by atoms with E-state index < -0.39 is 17.3 Å². The van der Waals surface area contributed by atoms with Gasteiger partial charge in [-0.3, -0.25) is 0 Å². The highest BCUT2D eigenvalue weighted by atomic mass is 32.1. The Kier molecular flexibility index (Phi) is 4.05. The minimum atomic E-state index is -4.50. The number of hydrogen-bond donors (Lipinski definition) is 1. The van der Waals surface area contributed by atoms with Gasteiger partial charge in [0, 0.05) is 11.8 Å². The standard InChI is InChI=1S/C12H12F3N3OS/c1-3-8-7(4-6(2)17-18-8)10(19)9-5-16-11(20-9)12(13,14)15/h4-5,10,19H,3H2,1-2H3. The molecule has 108 valence electrons. The second-order valence-corrected chi connectivity index (χ2v) is 5.27. The van der Waals surface area contributed by atoms with Crippen molar-refractivity contribution in [3.05, 3.63) is 39.1 Å². The number of alkyl halides is 3. The third-order valence-electron chi connectivity index (χ3n) is 2.69. The van der Waals surface area contributed by atoms with Gasteiger partial charge in [-0.1, -0.05) is 6.92 Å². The molecule has 0 saturated heterocycles. The third-order valence-corrected chi connectivity index (χ3v) is 3.79. The molecule has 4 nitrogen and oxygen atoms in total. The van der Waals surface area contributed by atoms with Gasteiger partial charge < -0.3 is 5.11 Å². The van der Waals surface area contributed by atoms with E-state index in [-0.39, 0.29) is 4.88 Å². The van der Waals surface area contributed by atoms with Crippen molar-refractivity contribution in [2.45, 2.75) is 32.5 Å². The van der Waals surface area contributed by atoms with Crippen molar-refractivity contribution in [2.75, 3.05) is 0 Å². The zero-order valence-electron chi connectivity index (χ0n) is 10.8. The lowest BCUT2D eigenvalue weighted by Crippen LogP contribution is -2.06. The van der Waals surface area contributed by atoms with Crippen molar-refractivity contribution in [2.24, 2.45) is 0 Å². The van der Waals surface area contributed by atoms with Gasteiger partial charge in [-0.05, 0) is 19.4 Å². The first kappa shape index (κ1) is 14.9. The molecular weight excluding hydrogens is 291 g/mol. The van der Waals surface area contributed by atoms with E-state index in [0.717, 1.165) is 6.20 Å². The average molecular weight is 303 g/mol. The quantitative estimate of drug-likeness (QED) is 0.947. The first-order valence-electron chi connectivity index (χ1n) is 5.87. The van der Waals surface area contributed by atoms with E-state index in [1.54, 1.807) is 13.0 Å². The fraction of sp³-hybridized carbons (Fsp3) is 0.417. The van der Waals surface area contributed by atoms with Gasteiger partial charge >= 0.3 is 6.18 Å². The van der Waals surface area contributed by atoms with Crippen molar-refractivity contribution in [1.82, 2.24) is 15.2 Å². The fourth-order valence-electron chi connectivity index (χ4n) is 1.74. The molecule has 1 unspecified atom stereocenters. The SMILES string of the molecule is CCc1nnc(C)cc1C(O)c1cnc(C(F)(F)F)s1. The Labute approximate surface area is 117 Å². The van der Waals surface area contributed by atoms with Crippen LogP contribution in [0.15, 0.2) is 12.3 Å². The van der Waals surface area contributed by atoms with Gasteiger partial charge in [0.1, 0.15) is 6.10 Å². The molecule has 0 aliphatic rings. The van der Waals surface area contributed by atoms with E-state index in [2.05, 4.69) is 15.2 Å². The van der Waals surface area contributed by atoms with Crippen molar-refractivity contribution in [1.29, 1.82) is 0 Å². The summed E-state index contributed by atoms with van der Waals surface area (Å²) in [7, 11) is 0. The second kappa shape index (κ2) is 5.45. The molecule has 2 rings (SSSR count). The summed E-state index contributed by atoms with van der Waals surface area (Å²) in [4.78, 5) is 3.45. The first-order valence-corrected chi connectivity index (χ1v) is 6.68. The molecule has 1 atom stereocenters. The third kappa shape index (κ3) is 2.96. The topological polar surface area (TPSA) is 58.9 Å². The molecule has 0 aromatic carbocycles. The molecule has 0 aliphatic heterocycles. The Hall–Kier alpha value is -1.54. The second-order valence-electron chi connectivity index (χ2n) is 4.21. The van der Waals surface area contributed by atoms with Gasteiger partial charge in [0.15, 0.2) is 5.01 Å². The molecule has 0 fully saturated rings. The summed E-state index contributed by atoms with van der Waals surface area (Å²) in [6, 6.07) is 1.63. The molecule has 1 N–H and O–H groups in total. The number of aryl methyl sites for hydroxylation is 2. The highest BCUT2D eigenvalue weighted by Gasteiger charge is 2.35. The van der Waals surface area contributed by atoms with Crippen molar-refractivity contribution in [3.63, 3.8) is 0 Å². The van der Waals surface area contributed by atoms with Gasteiger partial charge in [-0.15, -0.1) is 11.3 Å². The molecule has 8 heteroatoms. The highest BCUT2D eigenvalue weighted by molar-refractivity contribution is 7.11. The number of aliphatic hydroxyl groups is 1. The van der Waals surface area contributed by atoms with Crippen LogP contribution in [-0.4, -0.2) is 20.3 Å². The zero-order chi connectivity index (χ0) is 14.9. The number of rotatable bonds is 3. The maximum atomic E-state index is 12.5. The summed E-state index contributed by atoms with van der Waals surface area (Å²) < 4.78 is 37.6. The molecule has 2 aromatic rings. The van der Waals surface area contributed by atoms with Gasteiger partial charge in [0.05, 0.1) is 16.3 Å². The maximum absolute atomic E-state index is 12.5. The number of halogens is 3. The number of aromatic nitrogens is 3. The number of aliphatic hydroxyl groups excluding tert-OH is 1. The summed E-state index contributed by atoms with van der Waals surface area (Å²) in [5, 5.41) is 17.1. The van der Waals surface area contributed by atoms with Crippen LogP contribution in [-0.2, 0) is 12.6 Å². The molecule has 0 spiro atoms. The van der Waals surface area contributed by atoms with Crippen molar-refractivity contribution < 1.29 is 18.3 Å². The molecule has 0 amide bonds. The van der Waals surface area contributed by atoms with E-state index in [4.69, 9.17) is 0 Å². The summed E-state index contributed by atoms with van der Waals surface area (Å²) in [5.74, 6) is 0. The van der Waals surface area contributed by atoms with Crippen LogP contribution in [0.4, 0.5) is 13.2 Å². The van der Waals surface area contributed by atoms with Crippen LogP contribution in [0.25, 0.3) is 0 Å². The largest absolute Gasteiger partial charge is 0.443 e. The van der Waals surface area contributed by atoms with Gasteiger partial charge in [-0.2, -0.15) is 23.4 Å². The lowest BCUT2D eigenvalue weighted by atomic mass is 10.1. The minimum absolute atomic E-state index is 0.138. The fourth-order valence-corrected chi connectivity index (χ4v) is 2.53. The van der Waals surface area contributed by atoms with Crippen LogP contribution in [0.2, 0.25) is 0 Å². The van der Waals surface area contributed by atoms with E-state index in [0.29, 0.717) is 34.7 Å². The van der Waals surface area contributed by atoms with Crippen LogP contribution in [0.5, 0.6) is 0 Å². The highest BCUT2D eigenvalue weighted by Crippen LogP contribution is 2.36. The van der Waals surface area contributed by atoms with Crippen LogP contribution >= 0.6 is 11.3 Å². The summed E-state index contributed by atoms with van der Waals surface area (Å²) in [6.45, 7) is 3.54. The molecule has 20 heavy (non-hydrogen) atoms. The molecule has 2 heterocycles. The van der Waals surface area contributed by atoms with E-state index in [1.807, 2.05) is 6.92 Å². The van der Waals surface area contributed by atoms with Gasteiger partial charge in [-0.25, -0.2) is 4.98 Å². The monoisotopic (exact) mass is 303 g/mol. The number of thiazole rings is 1. The Bertz CT molecular complexity index is 612. The maximum Gasteiger partial charge on any atom is 0.443 e. The van der Waals surface area contributed by atoms with Crippen LogP contribution in [0.3, 0.4) is 0 Å². The van der Waals surface area contributed by atoms with E-state index >= 15 is 0 Å². The smallest absolute Gasteiger partial charge is 0.383 e. The van der Waals surface area contributed by atoms with Crippen LogP contribution in [0.1, 0.15) is 39.9 Å². The molecule has 2 aromatic heterocycles. The molecule has 0 aliphatic carbocycles. The first-order chi connectivity index (χ1) is 9.32. The van der Waals surface area contributed by atoms with Crippen LogP contribution < -0.4 is 0 Å².